The summed E-state index contributed by atoms with van der Waals surface area (Å²) in [5.41, 5.74) is 0.336. The van der Waals surface area contributed by atoms with Crippen molar-refractivity contribution < 1.29 is 19.0 Å². The van der Waals surface area contributed by atoms with E-state index < -0.39 is 14.1 Å². The van der Waals surface area contributed by atoms with E-state index in [1.54, 1.807) is 0 Å². The minimum Gasteiger partial charge on any atom is -0.413 e. The maximum atomic E-state index is 11.5. The highest BCUT2D eigenvalue weighted by molar-refractivity contribution is 6.74. The zero-order valence-electron chi connectivity index (χ0n) is 23.6. The molecule has 0 radical (unpaired) electrons. The van der Waals surface area contributed by atoms with Gasteiger partial charge < -0.3 is 19.0 Å². The molecule has 5 rings (SSSR count). The molecule has 4 saturated carbocycles. The molecule has 4 unspecified atom stereocenters. The van der Waals surface area contributed by atoms with Crippen LogP contribution in [0.2, 0.25) is 18.1 Å². The molecule has 4 nitrogen and oxygen atoms in total. The van der Waals surface area contributed by atoms with E-state index >= 15 is 0 Å². The normalized spacial score (nSPS) is 52.5. The van der Waals surface area contributed by atoms with E-state index in [4.69, 9.17) is 13.9 Å². The molecule has 0 aromatic rings. The highest BCUT2D eigenvalue weighted by Crippen LogP contribution is 2.69. The van der Waals surface area contributed by atoms with Crippen molar-refractivity contribution >= 4 is 8.32 Å². The van der Waals surface area contributed by atoms with Crippen LogP contribution < -0.4 is 0 Å². The Morgan fingerprint density at radius 3 is 2.09 bits per heavy atom. The van der Waals surface area contributed by atoms with Crippen LogP contribution in [-0.2, 0) is 13.9 Å². The Balaban J connectivity index is 1.51. The molecule has 1 N–H and O–H groups in total. The molecule has 5 fully saturated rings. The molecule has 1 aliphatic heterocycles. The molecular weight excluding hydrogens is 440 g/mol. The number of hydrogen-bond acceptors (Lipinski definition) is 4. The third-order valence-electron chi connectivity index (χ3n) is 12.1. The first-order valence-electron chi connectivity index (χ1n) is 14.2. The van der Waals surface area contributed by atoms with Crippen molar-refractivity contribution in [1.29, 1.82) is 0 Å². The first-order chi connectivity index (χ1) is 15.5. The van der Waals surface area contributed by atoms with E-state index in [-0.39, 0.29) is 40.1 Å². The number of ether oxygens (including phenoxy) is 2. The average Bonchev–Trinajstić information content (AvgIpc) is 3.19. The quantitative estimate of drug-likeness (QED) is 0.432. The lowest BCUT2D eigenvalue weighted by molar-refractivity contribution is -0.215. The lowest BCUT2D eigenvalue weighted by atomic mass is 9.43. The molecule has 5 aliphatic rings. The fraction of sp³-hybridized carbons (Fsp3) is 1.00. The number of fused-ring (bicyclic) bond motifs is 8. The summed E-state index contributed by atoms with van der Waals surface area (Å²) >= 11 is 0. The van der Waals surface area contributed by atoms with E-state index in [9.17, 15) is 5.11 Å². The lowest BCUT2D eigenvalue weighted by Gasteiger charge is -2.64. The minimum atomic E-state index is -1.83. The van der Waals surface area contributed by atoms with Crippen LogP contribution in [0, 0.1) is 40.4 Å². The van der Waals surface area contributed by atoms with Gasteiger partial charge in [0.05, 0.1) is 24.4 Å². The van der Waals surface area contributed by atoms with E-state index in [1.807, 2.05) is 0 Å². The fourth-order valence-corrected chi connectivity index (χ4v) is 10.6. The van der Waals surface area contributed by atoms with Crippen LogP contribution in [0.4, 0.5) is 0 Å². The Morgan fingerprint density at radius 2 is 1.44 bits per heavy atom. The van der Waals surface area contributed by atoms with Gasteiger partial charge in [0.25, 0.3) is 0 Å². The number of aliphatic hydroxyl groups is 1. The summed E-state index contributed by atoms with van der Waals surface area (Å²) in [4.78, 5) is 0. The van der Waals surface area contributed by atoms with Gasteiger partial charge in [0.1, 0.15) is 0 Å². The SMILES string of the molecule is C[C@@H]1CC[C@]2(C)C3CC[C@@]4(C)C(CC[C@@H]4O[Si](C)(C)C(C)(C)C)C3[C@H]3OC(C)(C)O[C@@H]3C2[C@H]1O. The molecule has 0 amide bonds. The Labute approximate surface area is 210 Å². The molecule has 0 aromatic carbocycles. The zero-order valence-corrected chi connectivity index (χ0v) is 24.6. The van der Waals surface area contributed by atoms with Gasteiger partial charge in [-0.05, 0) is 105 Å². The van der Waals surface area contributed by atoms with E-state index in [0.717, 1.165) is 6.42 Å². The molecular formula is C29H52O4Si. The Kier molecular flexibility index (Phi) is 5.88. The Morgan fingerprint density at radius 1 is 0.853 bits per heavy atom. The fourth-order valence-electron chi connectivity index (χ4n) is 9.12. The van der Waals surface area contributed by atoms with Crippen molar-refractivity contribution in [3.05, 3.63) is 0 Å². The summed E-state index contributed by atoms with van der Waals surface area (Å²) in [7, 11) is -1.83. The first-order valence-corrected chi connectivity index (χ1v) is 17.1. The smallest absolute Gasteiger partial charge is 0.192 e. The van der Waals surface area contributed by atoms with Crippen LogP contribution in [0.15, 0.2) is 0 Å². The van der Waals surface area contributed by atoms with E-state index in [1.165, 1.54) is 32.1 Å². The van der Waals surface area contributed by atoms with Gasteiger partial charge in [0, 0.05) is 5.92 Å². The van der Waals surface area contributed by atoms with Gasteiger partial charge in [-0.3, -0.25) is 0 Å². The van der Waals surface area contributed by atoms with Gasteiger partial charge in [0.15, 0.2) is 14.1 Å². The van der Waals surface area contributed by atoms with Gasteiger partial charge in [-0.2, -0.15) is 0 Å². The van der Waals surface area contributed by atoms with Crippen molar-refractivity contribution in [1.82, 2.24) is 0 Å². The van der Waals surface area contributed by atoms with Crippen molar-refractivity contribution in [3.63, 3.8) is 0 Å². The van der Waals surface area contributed by atoms with Crippen molar-refractivity contribution in [2.24, 2.45) is 40.4 Å². The standard InChI is InChI=1S/C29H52O4Si/c1-17-13-15-29(8)19-14-16-28(7)18(11-12-20(28)33-34(9,10)26(2,3)4)21(19)24-25(22(29)23(17)30)32-27(5,6)31-24/h17-25,30H,11-16H2,1-10H3/t17-,18?,19?,20+,21?,22?,23+,24-,25-,28+,29-/m1/s1. The first kappa shape index (κ1) is 25.7. The number of aliphatic hydroxyl groups excluding tert-OH is 1. The monoisotopic (exact) mass is 492 g/mol. The highest BCUT2D eigenvalue weighted by Gasteiger charge is 2.70. The van der Waals surface area contributed by atoms with E-state index in [0.29, 0.717) is 29.8 Å². The third kappa shape index (κ3) is 3.57. The molecule has 11 atom stereocenters. The molecule has 1 saturated heterocycles. The Bertz CT molecular complexity index is 804. The third-order valence-corrected chi connectivity index (χ3v) is 16.6. The highest BCUT2D eigenvalue weighted by atomic mass is 28.4. The largest absolute Gasteiger partial charge is 0.413 e. The van der Waals surface area contributed by atoms with Gasteiger partial charge in [0.2, 0.25) is 0 Å². The van der Waals surface area contributed by atoms with Crippen LogP contribution in [0.5, 0.6) is 0 Å². The summed E-state index contributed by atoms with van der Waals surface area (Å²) in [6.45, 7) is 23.3. The number of rotatable bonds is 2. The maximum Gasteiger partial charge on any atom is 0.192 e. The predicted octanol–water partition coefficient (Wildman–Crippen LogP) is 6.77. The lowest BCUT2D eigenvalue weighted by Crippen LogP contribution is -2.66. The molecule has 1 heterocycles. The molecule has 196 valence electrons. The summed E-state index contributed by atoms with van der Waals surface area (Å²) in [6, 6.07) is 0. The van der Waals surface area contributed by atoms with Gasteiger partial charge in [-0.1, -0.05) is 41.5 Å². The molecule has 4 aliphatic carbocycles. The predicted molar refractivity (Wildman–Crippen MR) is 139 cm³/mol. The molecule has 0 bridgehead atoms. The molecule has 34 heavy (non-hydrogen) atoms. The second-order valence-electron chi connectivity index (χ2n) is 15.4. The van der Waals surface area contributed by atoms with Gasteiger partial charge in [-0.25, -0.2) is 0 Å². The summed E-state index contributed by atoms with van der Waals surface area (Å²) in [5, 5.41) is 11.7. The summed E-state index contributed by atoms with van der Waals surface area (Å²) in [6.07, 6.45) is 7.38. The molecule has 0 spiro atoms. The van der Waals surface area contributed by atoms with Crippen LogP contribution >= 0.6 is 0 Å². The van der Waals surface area contributed by atoms with Gasteiger partial charge >= 0.3 is 0 Å². The van der Waals surface area contributed by atoms with Crippen LogP contribution in [0.25, 0.3) is 0 Å². The maximum absolute atomic E-state index is 11.5. The molecule has 5 heteroatoms. The van der Waals surface area contributed by atoms with Crippen LogP contribution in [0.1, 0.15) is 93.9 Å². The summed E-state index contributed by atoms with van der Waals surface area (Å²) < 4.78 is 20.6. The van der Waals surface area contributed by atoms with Crippen LogP contribution in [0.3, 0.4) is 0 Å². The Hall–Kier alpha value is 0.0569. The zero-order chi connectivity index (χ0) is 25.1. The summed E-state index contributed by atoms with van der Waals surface area (Å²) in [5.74, 6) is 1.65. The van der Waals surface area contributed by atoms with Crippen molar-refractivity contribution in [2.45, 2.75) is 142 Å². The van der Waals surface area contributed by atoms with Gasteiger partial charge in [-0.15, -0.1) is 0 Å². The van der Waals surface area contributed by atoms with Crippen LogP contribution in [-0.4, -0.2) is 43.6 Å². The second-order valence-corrected chi connectivity index (χ2v) is 20.1. The van der Waals surface area contributed by atoms with E-state index in [2.05, 4.69) is 68.5 Å². The topological polar surface area (TPSA) is 47.9 Å². The minimum absolute atomic E-state index is 0.00158. The second kappa shape index (κ2) is 7.79. The average molecular weight is 493 g/mol. The number of hydrogen-bond donors (Lipinski definition) is 1. The van der Waals surface area contributed by atoms with Crippen molar-refractivity contribution in [3.8, 4) is 0 Å². The molecule has 0 aromatic heterocycles. The van der Waals surface area contributed by atoms with Crippen molar-refractivity contribution in [2.75, 3.05) is 0 Å².